The average Bonchev–Trinajstić information content (AvgIpc) is 2.54. The zero-order chi connectivity index (χ0) is 9.68. The number of nitrogens with zero attached hydrogens (tertiary/aromatic N) is 2. The summed E-state index contributed by atoms with van der Waals surface area (Å²) in [6.07, 6.45) is 0. The van der Waals surface area contributed by atoms with E-state index in [0.29, 0.717) is 18.1 Å². The van der Waals surface area contributed by atoms with Gasteiger partial charge in [0.05, 0.1) is 0 Å². The number of rotatable bonds is 4. The van der Waals surface area contributed by atoms with Gasteiger partial charge in [0, 0.05) is 19.3 Å². The zero-order valence-electron chi connectivity index (χ0n) is 7.29. The number of amides is 1. The van der Waals surface area contributed by atoms with Crippen LogP contribution in [-0.4, -0.2) is 29.4 Å². The van der Waals surface area contributed by atoms with Gasteiger partial charge in [-0.05, 0) is 6.92 Å². The van der Waals surface area contributed by atoms with Gasteiger partial charge in [-0.15, -0.1) is 0 Å². The van der Waals surface area contributed by atoms with Crippen molar-refractivity contribution >= 4 is 18.4 Å². The first-order chi connectivity index (χ1) is 6.27. The second kappa shape index (κ2) is 4.24. The quantitative estimate of drug-likeness (QED) is 0.458. The predicted octanol–water partition coefficient (Wildman–Crippen LogP) is 0.187. The van der Waals surface area contributed by atoms with Gasteiger partial charge in [0.2, 0.25) is 0 Å². The molecule has 0 fully saturated rings. The Hall–Kier alpha value is -1.85. The minimum atomic E-state index is -0.188. The number of aromatic amines is 1. The molecule has 0 saturated carbocycles. The fraction of sp³-hybridized carbons (Fsp3) is 0.286. The van der Waals surface area contributed by atoms with E-state index in [1.165, 1.54) is 0 Å². The van der Waals surface area contributed by atoms with Gasteiger partial charge in [0.25, 0.3) is 5.91 Å². The van der Waals surface area contributed by atoms with Crippen LogP contribution in [0.2, 0.25) is 0 Å². The molecule has 0 bridgehead atoms. The first-order valence-electron chi connectivity index (χ1n) is 3.83. The number of hydrazone groups is 1. The lowest BCUT2D eigenvalue weighted by molar-refractivity contribution is 0.0951. The van der Waals surface area contributed by atoms with Crippen molar-refractivity contribution in [3.8, 4) is 0 Å². The lowest BCUT2D eigenvalue weighted by Gasteiger charge is -1.95. The summed E-state index contributed by atoms with van der Waals surface area (Å²) in [5.41, 5.74) is 2.91. The van der Waals surface area contributed by atoms with E-state index in [0.717, 1.165) is 0 Å². The largest absolute Gasteiger partial charge is 0.351 e. The van der Waals surface area contributed by atoms with E-state index in [4.69, 9.17) is 0 Å². The molecule has 70 valence electrons. The van der Waals surface area contributed by atoms with E-state index >= 15 is 0 Å². The maximum atomic E-state index is 11.2. The Morgan fingerprint density at radius 2 is 2.62 bits per heavy atom. The second-order valence-corrected chi connectivity index (χ2v) is 2.30. The summed E-state index contributed by atoms with van der Waals surface area (Å²) < 4.78 is 0. The highest BCUT2D eigenvalue weighted by molar-refractivity contribution is 5.92. The second-order valence-electron chi connectivity index (χ2n) is 2.30. The SMILES string of the molecule is C=NNc1cc(C(=O)NCC)[nH]n1. The fourth-order valence-corrected chi connectivity index (χ4v) is 0.832. The number of carbonyl (C=O) groups is 1. The summed E-state index contributed by atoms with van der Waals surface area (Å²) in [5, 5.41) is 12.4. The summed E-state index contributed by atoms with van der Waals surface area (Å²) in [6.45, 7) is 5.66. The van der Waals surface area contributed by atoms with Crippen LogP contribution < -0.4 is 10.7 Å². The number of hydrogen-bond donors (Lipinski definition) is 3. The van der Waals surface area contributed by atoms with Crippen LogP contribution in [0.1, 0.15) is 17.4 Å². The molecule has 3 N–H and O–H groups in total. The first-order valence-corrected chi connectivity index (χ1v) is 3.83. The van der Waals surface area contributed by atoms with E-state index in [1.807, 2.05) is 6.92 Å². The molecule has 0 aliphatic carbocycles. The molecular weight excluding hydrogens is 170 g/mol. The third-order valence-corrected chi connectivity index (χ3v) is 1.35. The Labute approximate surface area is 75.4 Å². The average molecular weight is 181 g/mol. The van der Waals surface area contributed by atoms with Crippen LogP contribution in [0.3, 0.4) is 0 Å². The molecule has 6 nitrogen and oxygen atoms in total. The van der Waals surface area contributed by atoms with E-state index in [9.17, 15) is 4.79 Å². The van der Waals surface area contributed by atoms with Crippen LogP contribution in [0.5, 0.6) is 0 Å². The van der Waals surface area contributed by atoms with Crippen molar-refractivity contribution < 1.29 is 4.79 Å². The molecule has 1 amide bonds. The third kappa shape index (κ3) is 2.29. The van der Waals surface area contributed by atoms with Crippen LogP contribution in [0.15, 0.2) is 11.2 Å². The van der Waals surface area contributed by atoms with E-state index < -0.39 is 0 Å². The molecule has 13 heavy (non-hydrogen) atoms. The van der Waals surface area contributed by atoms with Crippen molar-refractivity contribution in [1.82, 2.24) is 15.5 Å². The van der Waals surface area contributed by atoms with Crippen LogP contribution in [-0.2, 0) is 0 Å². The maximum absolute atomic E-state index is 11.2. The van der Waals surface area contributed by atoms with Crippen LogP contribution in [0.25, 0.3) is 0 Å². The first kappa shape index (κ1) is 9.24. The monoisotopic (exact) mass is 181 g/mol. The lowest BCUT2D eigenvalue weighted by atomic mass is 10.4. The highest BCUT2D eigenvalue weighted by atomic mass is 16.1. The number of hydrogen-bond acceptors (Lipinski definition) is 4. The molecule has 0 spiro atoms. The van der Waals surface area contributed by atoms with Crippen LogP contribution in [0, 0.1) is 0 Å². The number of nitrogens with one attached hydrogen (secondary N) is 3. The minimum absolute atomic E-state index is 0.188. The van der Waals surface area contributed by atoms with Gasteiger partial charge >= 0.3 is 0 Å². The molecule has 6 heteroatoms. The summed E-state index contributed by atoms with van der Waals surface area (Å²) in [7, 11) is 0. The Balaban J connectivity index is 2.67. The molecule has 0 radical (unpaired) electrons. The Kier molecular flexibility index (Phi) is 3.02. The molecule has 0 saturated heterocycles. The van der Waals surface area contributed by atoms with Crippen molar-refractivity contribution in [2.24, 2.45) is 5.10 Å². The minimum Gasteiger partial charge on any atom is -0.351 e. The number of carbonyl (C=O) groups excluding carboxylic acids is 1. The van der Waals surface area contributed by atoms with Crippen molar-refractivity contribution in [2.45, 2.75) is 6.92 Å². The number of anilines is 1. The summed E-state index contributed by atoms with van der Waals surface area (Å²) in [4.78, 5) is 11.2. The van der Waals surface area contributed by atoms with Gasteiger partial charge in [0.15, 0.2) is 5.82 Å². The normalized spacial score (nSPS) is 9.31. The Morgan fingerprint density at radius 3 is 3.23 bits per heavy atom. The maximum Gasteiger partial charge on any atom is 0.269 e. The van der Waals surface area contributed by atoms with Crippen molar-refractivity contribution in [3.05, 3.63) is 11.8 Å². The summed E-state index contributed by atoms with van der Waals surface area (Å²) in [5.74, 6) is 0.281. The number of aromatic nitrogens is 2. The molecule has 1 aromatic rings. The zero-order valence-corrected chi connectivity index (χ0v) is 7.29. The Morgan fingerprint density at radius 1 is 1.85 bits per heavy atom. The molecule has 0 unspecified atom stereocenters. The van der Waals surface area contributed by atoms with E-state index in [2.05, 4.69) is 32.8 Å². The lowest BCUT2D eigenvalue weighted by Crippen LogP contribution is -2.22. The van der Waals surface area contributed by atoms with Crippen LogP contribution >= 0.6 is 0 Å². The van der Waals surface area contributed by atoms with Gasteiger partial charge in [-0.25, -0.2) is 0 Å². The smallest absolute Gasteiger partial charge is 0.269 e. The predicted molar refractivity (Wildman–Crippen MR) is 49.8 cm³/mol. The third-order valence-electron chi connectivity index (χ3n) is 1.35. The summed E-state index contributed by atoms with van der Waals surface area (Å²) in [6, 6.07) is 1.56. The van der Waals surface area contributed by atoms with E-state index in [-0.39, 0.29) is 5.91 Å². The molecule has 0 atom stereocenters. The van der Waals surface area contributed by atoms with E-state index in [1.54, 1.807) is 6.07 Å². The van der Waals surface area contributed by atoms with Gasteiger partial charge in [-0.1, -0.05) is 0 Å². The van der Waals surface area contributed by atoms with Crippen LogP contribution in [0.4, 0.5) is 5.82 Å². The van der Waals surface area contributed by atoms with Crippen molar-refractivity contribution in [3.63, 3.8) is 0 Å². The fourth-order valence-electron chi connectivity index (χ4n) is 0.832. The molecule has 1 rings (SSSR count). The highest BCUT2D eigenvalue weighted by Crippen LogP contribution is 2.04. The van der Waals surface area contributed by atoms with Gasteiger partial charge in [0.1, 0.15) is 5.69 Å². The van der Waals surface area contributed by atoms with Gasteiger partial charge < -0.3 is 5.32 Å². The molecule has 1 heterocycles. The van der Waals surface area contributed by atoms with Gasteiger partial charge in [-0.2, -0.15) is 10.2 Å². The highest BCUT2D eigenvalue weighted by Gasteiger charge is 2.07. The van der Waals surface area contributed by atoms with Gasteiger partial charge in [-0.3, -0.25) is 15.3 Å². The topological polar surface area (TPSA) is 82.2 Å². The Bertz CT molecular complexity index is 306. The number of H-pyrrole nitrogens is 1. The van der Waals surface area contributed by atoms with Crippen molar-refractivity contribution in [1.29, 1.82) is 0 Å². The molecule has 1 aromatic heterocycles. The van der Waals surface area contributed by atoms with Crippen molar-refractivity contribution in [2.75, 3.05) is 12.0 Å². The molecule has 0 aliphatic rings. The molecule has 0 aromatic carbocycles. The molecular formula is C7H11N5O. The molecule has 0 aliphatic heterocycles. The summed E-state index contributed by atoms with van der Waals surface area (Å²) >= 11 is 0. The standard InChI is InChI=1S/C7H11N5O/c1-3-9-7(13)5-4-6(11-8-2)12-10-5/h4H,2-3H2,1H3,(H,9,13)(H2,10,11,12).